The van der Waals surface area contributed by atoms with Gasteiger partial charge in [0.15, 0.2) is 5.65 Å². The first-order valence-electron chi connectivity index (χ1n) is 11.6. The summed E-state index contributed by atoms with van der Waals surface area (Å²) in [5.41, 5.74) is 5.46. The topological polar surface area (TPSA) is 101 Å². The van der Waals surface area contributed by atoms with Gasteiger partial charge in [0.25, 0.3) is 0 Å². The van der Waals surface area contributed by atoms with Crippen molar-refractivity contribution in [1.29, 1.82) is 0 Å². The normalized spacial score (nSPS) is 16.1. The third-order valence-electron chi connectivity index (χ3n) is 6.37. The van der Waals surface area contributed by atoms with E-state index in [9.17, 15) is 9.18 Å². The van der Waals surface area contributed by atoms with Crippen LogP contribution in [0.2, 0.25) is 0 Å². The number of hydrogen-bond acceptors (Lipinski definition) is 8. The fraction of sp³-hybridized carbons (Fsp3) is 0.240. The van der Waals surface area contributed by atoms with Crippen LogP contribution in [0.5, 0.6) is 0 Å². The Labute approximate surface area is 210 Å². The van der Waals surface area contributed by atoms with Gasteiger partial charge in [-0.25, -0.2) is 24.0 Å². The maximum Gasteiger partial charge on any atom is 0.239 e. The van der Waals surface area contributed by atoms with Crippen LogP contribution in [0.1, 0.15) is 11.1 Å². The lowest BCUT2D eigenvalue weighted by Gasteiger charge is -2.33. The number of rotatable bonds is 5. The summed E-state index contributed by atoms with van der Waals surface area (Å²) in [7, 11) is 0. The molecule has 0 unspecified atom stereocenters. The molecule has 0 aliphatic carbocycles. The summed E-state index contributed by atoms with van der Waals surface area (Å²) in [6, 6.07) is 10.6. The number of piperazine rings is 1. The average Bonchev–Trinajstić information content (AvgIpc) is 3.55. The highest BCUT2D eigenvalue weighted by atomic mass is 32.1. The number of anilines is 1. The minimum Gasteiger partial charge on any atom is -0.353 e. The number of benzene rings is 2. The number of aryl methyl sites for hydroxylation is 1. The molecule has 3 aromatic heterocycles. The van der Waals surface area contributed by atoms with E-state index < -0.39 is 6.04 Å². The van der Waals surface area contributed by atoms with Gasteiger partial charge in [-0.1, -0.05) is 12.1 Å². The number of halogens is 1. The summed E-state index contributed by atoms with van der Waals surface area (Å²) in [4.78, 5) is 28.2. The Kier molecular flexibility index (Phi) is 5.78. The van der Waals surface area contributed by atoms with Crippen LogP contribution >= 0.6 is 11.3 Å². The molecule has 36 heavy (non-hydrogen) atoms. The fourth-order valence-corrected chi connectivity index (χ4v) is 5.04. The van der Waals surface area contributed by atoms with Crippen molar-refractivity contribution in [3.05, 3.63) is 71.4 Å². The largest absolute Gasteiger partial charge is 0.353 e. The molecule has 5 aromatic rings. The number of hydrogen-bond donors (Lipinski definition) is 2. The van der Waals surface area contributed by atoms with E-state index in [-0.39, 0.29) is 11.7 Å². The standard InChI is InChI=1S/C25H23FN8OS/c1-15-2-4-17(9-19(15)26)34-11-18-23(32-34)29-13-30-24(18)33-7-6-27-21(12-33)25(35)28-10-16-3-5-22-20(8-16)31-14-36-22/h2-5,8-9,11,13-14,21,27H,6-7,10,12H2,1H3,(H,28,35)/t21-/m1/s1. The fourth-order valence-electron chi connectivity index (χ4n) is 4.38. The number of nitrogens with zero attached hydrogens (tertiary/aromatic N) is 6. The molecule has 1 aliphatic heterocycles. The van der Waals surface area contributed by atoms with Crippen molar-refractivity contribution in [1.82, 2.24) is 35.4 Å². The lowest BCUT2D eigenvalue weighted by molar-refractivity contribution is -0.123. The summed E-state index contributed by atoms with van der Waals surface area (Å²) in [5, 5.41) is 11.6. The van der Waals surface area contributed by atoms with Crippen LogP contribution in [0.3, 0.4) is 0 Å². The molecule has 2 aromatic carbocycles. The van der Waals surface area contributed by atoms with Gasteiger partial charge in [-0.2, -0.15) is 0 Å². The Morgan fingerprint density at radius 3 is 3.03 bits per heavy atom. The first-order valence-corrected chi connectivity index (χ1v) is 12.5. The Morgan fingerprint density at radius 2 is 2.14 bits per heavy atom. The number of thiazole rings is 1. The van der Waals surface area contributed by atoms with E-state index in [4.69, 9.17) is 0 Å². The van der Waals surface area contributed by atoms with E-state index in [0.717, 1.165) is 21.2 Å². The molecule has 1 fully saturated rings. The second-order valence-electron chi connectivity index (χ2n) is 8.77. The van der Waals surface area contributed by atoms with E-state index in [1.807, 2.05) is 29.8 Å². The number of aromatic nitrogens is 5. The summed E-state index contributed by atoms with van der Waals surface area (Å²) >= 11 is 1.60. The van der Waals surface area contributed by atoms with E-state index in [0.29, 0.717) is 48.9 Å². The van der Waals surface area contributed by atoms with Crippen LogP contribution in [0.4, 0.5) is 10.2 Å². The second-order valence-corrected chi connectivity index (χ2v) is 9.65. The lowest BCUT2D eigenvalue weighted by atomic mass is 10.1. The molecule has 9 nitrogen and oxygen atoms in total. The molecule has 6 rings (SSSR count). The zero-order valence-corrected chi connectivity index (χ0v) is 20.3. The quantitative estimate of drug-likeness (QED) is 0.381. The maximum absolute atomic E-state index is 14.1. The Morgan fingerprint density at radius 1 is 1.22 bits per heavy atom. The van der Waals surface area contributed by atoms with Crippen molar-refractivity contribution in [2.24, 2.45) is 0 Å². The Hall–Kier alpha value is -3.96. The van der Waals surface area contributed by atoms with E-state index in [2.05, 4.69) is 35.6 Å². The molecule has 0 saturated carbocycles. The van der Waals surface area contributed by atoms with Gasteiger partial charge in [0, 0.05) is 32.4 Å². The first kappa shape index (κ1) is 22.5. The predicted octanol–water partition coefficient (Wildman–Crippen LogP) is 2.97. The zero-order valence-electron chi connectivity index (χ0n) is 19.5. The van der Waals surface area contributed by atoms with E-state index in [1.165, 1.54) is 12.4 Å². The molecular weight excluding hydrogens is 479 g/mol. The molecule has 1 aliphatic rings. The highest BCUT2D eigenvalue weighted by Crippen LogP contribution is 2.25. The molecule has 1 saturated heterocycles. The van der Waals surface area contributed by atoms with Gasteiger partial charge in [0.1, 0.15) is 24.0 Å². The average molecular weight is 503 g/mol. The molecule has 11 heteroatoms. The molecular formula is C25H23FN8OS. The van der Waals surface area contributed by atoms with Crippen molar-refractivity contribution in [3.8, 4) is 5.69 Å². The number of carbonyl (C=O) groups is 1. The van der Waals surface area contributed by atoms with Crippen molar-refractivity contribution in [3.63, 3.8) is 0 Å². The van der Waals surface area contributed by atoms with Gasteiger partial charge in [0.05, 0.1) is 26.8 Å². The summed E-state index contributed by atoms with van der Waals surface area (Å²) < 4.78 is 16.8. The van der Waals surface area contributed by atoms with Crippen molar-refractivity contribution >= 4 is 44.3 Å². The molecule has 1 atom stereocenters. The molecule has 4 heterocycles. The van der Waals surface area contributed by atoms with Crippen LogP contribution in [-0.2, 0) is 11.3 Å². The van der Waals surface area contributed by atoms with Gasteiger partial charge >= 0.3 is 0 Å². The third kappa shape index (κ3) is 4.27. The summed E-state index contributed by atoms with van der Waals surface area (Å²) in [6.07, 6.45) is 3.27. The Balaban J connectivity index is 1.19. The molecule has 182 valence electrons. The Bertz CT molecular complexity index is 1580. The minimum absolute atomic E-state index is 0.0748. The van der Waals surface area contributed by atoms with Crippen molar-refractivity contribution < 1.29 is 9.18 Å². The first-order chi connectivity index (χ1) is 17.5. The monoisotopic (exact) mass is 502 g/mol. The highest BCUT2D eigenvalue weighted by molar-refractivity contribution is 7.16. The molecule has 2 N–H and O–H groups in total. The van der Waals surface area contributed by atoms with Crippen molar-refractivity contribution in [2.45, 2.75) is 19.5 Å². The number of nitrogens with one attached hydrogen (secondary N) is 2. The third-order valence-corrected chi connectivity index (χ3v) is 7.18. The number of fused-ring (bicyclic) bond motifs is 2. The van der Waals surface area contributed by atoms with Gasteiger partial charge in [-0.3, -0.25) is 4.79 Å². The van der Waals surface area contributed by atoms with Crippen LogP contribution in [-0.4, -0.2) is 56.3 Å². The highest BCUT2D eigenvalue weighted by Gasteiger charge is 2.27. The van der Waals surface area contributed by atoms with Crippen LogP contribution in [0, 0.1) is 12.7 Å². The zero-order chi connectivity index (χ0) is 24.6. The van der Waals surface area contributed by atoms with Gasteiger partial charge < -0.3 is 15.5 Å². The maximum atomic E-state index is 14.1. The van der Waals surface area contributed by atoms with Crippen molar-refractivity contribution in [2.75, 3.05) is 24.5 Å². The van der Waals surface area contributed by atoms with E-state index >= 15 is 0 Å². The number of carbonyl (C=O) groups excluding carboxylic acids is 1. The minimum atomic E-state index is -0.395. The molecule has 1 amide bonds. The predicted molar refractivity (Wildman–Crippen MR) is 137 cm³/mol. The number of amides is 1. The van der Waals surface area contributed by atoms with Gasteiger partial charge in [-0.05, 0) is 42.3 Å². The molecule has 0 bridgehead atoms. The summed E-state index contributed by atoms with van der Waals surface area (Å²) in [6.45, 7) is 3.92. The molecule has 0 spiro atoms. The SMILES string of the molecule is Cc1ccc(-n2cc3c(N4CCN[C@@H](C(=O)NCc5ccc6scnc6c5)C4)ncnc3n2)cc1F. The van der Waals surface area contributed by atoms with Crippen LogP contribution in [0.25, 0.3) is 26.9 Å². The van der Waals surface area contributed by atoms with E-state index in [1.54, 1.807) is 35.2 Å². The second kappa shape index (κ2) is 9.25. The van der Waals surface area contributed by atoms with Gasteiger partial charge in [0.2, 0.25) is 5.91 Å². The van der Waals surface area contributed by atoms with Crippen LogP contribution < -0.4 is 15.5 Å². The molecule has 0 radical (unpaired) electrons. The van der Waals surface area contributed by atoms with Gasteiger partial charge in [-0.15, -0.1) is 16.4 Å². The smallest absolute Gasteiger partial charge is 0.239 e. The van der Waals surface area contributed by atoms with Crippen LogP contribution in [0.15, 0.2) is 54.4 Å². The lowest BCUT2D eigenvalue weighted by Crippen LogP contribution is -2.57. The summed E-state index contributed by atoms with van der Waals surface area (Å²) in [5.74, 6) is 0.335.